The van der Waals surface area contributed by atoms with E-state index < -0.39 is 0 Å². The third-order valence-electron chi connectivity index (χ3n) is 2.03. The molecule has 8 heavy (non-hydrogen) atoms. The van der Waals surface area contributed by atoms with Gasteiger partial charge in [-0.3, -0.25) is 0 Å². The molecule has 48 valence electrons. The van der Waals surface area contributed by atoms with Crippen molar-refractivity contribution in [1.29, 1.82) is 0 Å². The summed E-state index contributed by atoms with van der Waals surface area (Å²) in [5.41, 5.74) is 0. The molecule has 1 heterocycles. The van der Waals surface area contributed by atoms with Crippen LogP contribution in [0.15, 0.2) is 0 Å². The van der Waals surface area contributed by atoms with Crippen LogP contribution in [0.2, 0.25) is 0 Å². The van der Waals surface area contributed by atoms with E-state index in [-0.39, 0.29) is 6.10 Å². The van der Waals surface area contributed by atoms with Crippen molar-refractivity contribution in [2.24, 2.45) is 0 Å². The third kappa shape index (κ3) is 0.858. The first-order chi connectivity index (χ1) is 3.72. The molecule has 1 N–H and O–H groups in total. The number of rotatable bonds is 0. The van der Waals surface area contributed by atoms with Gasteiger partial charge in [0.25, 0.3) is 0 Å². The van der Waals surface area contributed by atoms with E-state index in [1.165, 1.54) is 0 Å². The lowest BCUT2D eigenvalue weighted by Crippen LogP contribution is -2.28. The topological polar surface area (TPSA) is 23.5 Å². The minimum atomic E-state index is -0.0833. The molecule has 0 amide bonds. The highest BCUT2D eigenvalue weighted by Gasteiger charge is 2.25. The summed E-state index contributed by atoms with van der Waals surface area (Å²) in [6.45, 7) is 3.10. The van der Waals surface area contributed by atoms with E-state index in [1.54, 1.807) is 0 Å². The Bertz CT molecular complexity index is 74.6. The van der Waals surface area contributed by atoms with Gasteiger partial charge in [0.15, 0.2) is 0 Å². The van der Waals surface area contributed by atoms with Gasteiger partial charge in [-0.25, -0.2) is 0 Å². The van der Waals surface area contributed by atoms with Crippen molar-refractivity contribution in [3.8, 4) is 0 Å². The van der Waals surface area contributed by atoms with Crippen LogP contribution < -0.4 is 0 Å². The van der Waals surface area contributed by atoms with Gasteiger partial charge in [0, 0.05) is 12.6 Å². The predicted molar refractivity (Wildman–Crippen MR) is 32.7 cm³/mol. The van der Waals surface area contributed by atoms with Gasteiger partial charge in [0.2, 0.25) is 0 Å². The average molecular weight is 115 g/mol. The summed E-state index contributed by atoms with van der Waals surface area (Å²) in [6.07, 6.45) is 0.859. The van der Waals surface area contributed by atoms with E-state index in [0.29, 0.717) is 6.04 Å². The van der Waals surface area contributed by atoms with Crippen molar-refractivity contribution >= 4 is 0 Å². The summed E-state index contributed by atoms with van der Waals surface area (Å²) in [4.78, 5) is 2.17. The van der Waals surface area contributed by atoms with Crippen molar-refractivity contribution in [3.05, 3.63) is 0 Å². The van der Waals surface area contributed by atoms with Gasteiger partial charge >= 0.3 is 0 Å². The maximum absolute atomic E-state index is 9.13. The Morgan fingerprint density at radius 3 is 2.38 bits per heavy atom. The molecule has 0 aliphatic carbocycles. The zero-order valence-electron chi connectivity index (χ0n) is 5.46. The smallest absolute Gasteiger partial charge is 0.0704 e. The molecule has 2 atom stereocenters. The molecule has 0 aromatic heterocycles. The molecule has 0 aromatic carbocycles. The maximum atomic E-state index is 9.13. The minimum absolute atomic E-state index is 0.0833. The Morgan fingerprint density at radius 1 is 1.62 bits per heavy atom. The van der Waals surface area contributed by atoms with Crippen LogP contribution in [-0.2, 0) is 0 Å². The third-order valence-corrected chi connectivity index (χ3v) is 2.03. The Hall–Kier alpha value is -0.0800. The SMILES string of the molecule is C[C@@H]1C(O)CCN1C. The zero-order valence-corrected chi connectivity index (χ0v) is 5.46. The Balaban J connectivity index is 2.44. The van der Waals surface area contributed by atoms with Crippen LogP contribution in [0.5, 0.6) is 0 Å². The van der Waals surface area contributed by atoms with Crippen molar-refractivity contribution < 1.29 is 5.11 Å². The highest BCUT2D eigenvalue weighted by molar-refractivity contribution is 4.80. The van der Waals surface area contributed by atoms with Gasteiger partial charge in [-0.05, 0) is 20.4 Å². The monoisotopic (exact) mass is 115 g/mol. The number of likely N-dealkylation sites (N-methyl/N-ethyl adjacent to an activating group) is 1. The van der Waals surface area contributed by atoms with Crippen LogP contribution in [-0.4, -0.2) is 35.7 Å². The summed E-state index contributed by atoms with van der Waals surface area (Å²) in [7, 11) is 2.04. The molecular weight excluding hydrogens is 102 g/mol. The average Bonchev–Trinajstić information content (AvgIpc) is 1.98. The fourth-order valence-corrected chi connectivity index (χ4v) is 1.07. The number of hydrogen-bond acceptors (Lipinski definition) is 2. The Labute approximate surface area is 50.1 Å². The van der Waals surface area contributed by atoms with Gasteiger partial charge in [-0.2, -0.15) is 0 Å². The molecule has 0 aromatic rings. The van der Waals surface area contributed by atoms with E-state index in [4.69, 9.17) is 5.11 Å². The van der Waals surface area contributed by atoms with Crippen LogP contribution in [0, 0.1) is 0 Å². The van der Waals surface area contributed by atoms with Crippen LogP contribution in [0.1, 0.15) is 13.3 Å². The fraction of sp³-hybridized carbons (Fsp3) is 1.00. The molecule has 0 spiro atoms. The van der Waals surface area contributed by atoms with Crippen LogP contribution >= 0.6 is 0 Å². The quantitative estimate of drug-likeness (QED) is 0.483. The standard InChI is InChI=1S/C6H13NO/c1-5-6(8)3-4-7(5)2/h5-6,8H,3-4H2,1-2H3/t5-,6?/m1/s1. The second-order valence-electron chi connectivity index (χ2n) is 2.58. The van der Waals surface area contributed by atoms with E-state index >= 15 is 0 Å². The summed E-state index contributed by atoms with van der Waals surface area (Å²) < 4.78 is 0. The van der Waals surface area contributed by atoms with Crippen molar-refractivity contribution in [2.75, 3.05) is 13.6 Å². The molecule has 2 heteroatoms. The maximum Gasteiger partial charge on any atom is 0.0704 e. The first kappa shape index (κ1) is 6.05. The van der Waals surface area contributed by atoms with E-state index in [9.17, 15) is 0 Å². The summed E-state index contributed by atoms with van der Waals surface area (Å²) in [5, 5.41) is 9.13. The largest absolute Gasteiger partial charge is 0.391 e. The van der Waals surface area contributed by atoms with Crippen molar-refractivity contribution in [1.82, 2.24) is 4.90 Å². The number of hydrogen-bond donors (Lipinski definition) is 1. The number of aliphatic hydroxyl groups excluding tert-OH is 1. The Morgan fingerprint density at radius 2 is 2.25 bits per heavy atom. The molecule has 1 saturated heterocycles. The number of nitrogens with zero attached hydrogens (tertiary/aromatic N) is 1. The molecule has 1 fully saturated rings. The van der Waals surface area contributed by atoms with Gasteiger partial charge < -0.3 is 10.0 Å². The molecule has 1 aliphatic heterocycles. The normalized spacial score (nSPS) is 40.9. The summed E-state index contributed by atoms with van der Waals surface area (Å²) in [5.74, 6) is 0. The molecule has 0 bridgehead atoms. The lowest BCUT2D eigenvalue weighted by molar-refractivity contribution is 0.137. The van der Waals surface area contributed by atoms with Gasteiger partial charge in [-0.15, -0.1) is 0 Å². The predicted octanol–water partition coefficient (Wildman–Crippen LogP) is 0.0713. The van der Waals surface area contributed by atoms with Gasteiger partial charge in [-0.1, -0.05) is 0 Å². The molecule has 0 saturated carbocycles. The van der Waals surface area contributed by atoms with E-state index in [1.807, 2.05) is 7.05 Å². The Kier molecular flexibility index (Phi) is 1.54. The zero-order chi connectivity index (χ0) is 6.15. The number of aliphatic hydroxyl groups is 1. The first-order valence-corrected chi connectivity index (χ1v) is 3.10. The first-order valence-electron chi connectivity index (χ1n) is 3.10. The van der Waals surface area contributed by atoms with Crippen LogP contribution in [0.25, 0.3) is 0 Å². The minimum Gasteiger partial charge on any atom is -0.391 e. The van der Waals surface area contributed by atoms with Gasteiger partial charge in [0.05, 0.1) is 6.10 Å². The second kappa shape index (κ2) is 2.03. The summed E-state index contributed by atoms with van der Waals surface area (Å²) >= 11 is 0. The molecule has 1 unspecified atom stereocenters. The van der Waals surface area contributed by atoms with Crippen molar-refractivity contribution in [2.45, 2.75) is 25.5 Å². The van der Waals surface area contributed by atoms with Crippen molar-refractivity contribution in [3.63, 3.8) is 0 Å². The summed E-state index contributed by atoms with van der Waals surface area (Å²) in [6, 6.07) is 0.370. The highest BCUT2D eigenvalue weighted by atomic mass is 16.3. The highest BCUT2D eigenvalue weighted by Crippen LogP contribution is 2.13. The lowest BCUT2D eigenvalue weighted by Gasteiger charge is -2.15. The molecule has 0 radical (unpaired) electrons. The molecule has 1 aliphatic rings. The number of likely N-dealkylation sites (tertiary alicyclic amines) is 1. The molecule has 1 rings (SSSR count). The fourth-order valence-electron chi connectivity index (χ4n) is 1.07. The second-order valence-corrected chi connectivity index (χ2v) is 2.58. The van der Waals surface area contributed by atoms with Gasteiger partial charge in [0.1, 0.15) is 0 Å². The molecule has 2 nitrogen and oxygen atoms in total. The molecular formula is C6H13NO. The van der Waals surface area contributed by atoms with Crippen LogP contribution in [0.3, 0.4) is 0 Å². The van der Waals surface area contributed by atoms with E-state index in [0.717, 1.165) is 13.0 Å². The lowest BCUT2D eigenvalue weighted by atomic mass is 10.2. The van der Waals surface area contributed by atoms with Crippen LogP contribution in [0.4, 0.5) is 0 Å². The van der Waals surface area contributed by atoms with E-state index in [2.05, 4.69) is 11.8 Å².